The van der Waals surface area contributed by atoms with Crippen LogP contribution in [0.15, 0.2) is 0 Å². The molecule has 0 aliphatic rings. The molecule has 0 fully saturated rings. The topological polar surface area (TPSA) is 9.23 Å². The highest BCUT2D eigenvalue weighted by Crippen LogP contribution is 2.30. The van der Waals surface area contributed by atoms with Gasteiger partial charge >= 0.3 is 0 Å². The Balaban J connectivity index is 4.22. The van der Waals surface area contributed by atoms with Gasteiger partial charge in [-0.3, -0.25) is 0 Å². The van der Waals surface area contributed by atoms with E-state index >= 15 is 0 Å². The van der Waals surface area contributed by atoms with Crippen molar-refractivity contribution in [3.8, 4) is 0 Å². The van der Waals surface area contributed by atoms with Crippen molar-refractivity contribution in [3.63, 3.8) is 0 Å². The molecule has 0 aliphatic carbocycles. The summed E-state index contributed by atoms with van der Waals surface area (Å²) < 4.78 is 6.32. The van der Waals surface area contributed by atoms with Crippen molar-refractivity contribution in [1.29, 1.82) is 0 Å². The molecule has 0 radical (unpaired) electrons. The van der Waals surface area contributed by atoms with Gasteiger partial charge in [0.05, 0.1) is 5.60 Å². The van der Waals surface area contributed by atoms with E-state index in [0.29, 0.717) is 0 Å². The lowest BCUT2D eigenvalue weighted by atomic mass is 9.93. The molecule has 0 aliphatic heterocycles. The Bertz CT molecular complexity index is 187. The van der Waals surface area contributed by atoms with Gasteiger partial charge in [-0.1, -0.05) is 27.7 Å². The van der Waals surface area contributed by atoms with E-state index < -0.39 is 0 Å². The molecule has 104 valence electrons. The molecule has 0 unspecified atom stereocenters. The Morgan fingerprint density at radius 1 is 0.882 bits per heavy atom. The Morgan fingerprint density at radius 2 is 1.41 bits per heavy atom. The average molecular weight is 279 g/mol. The second-order valence-electron chi connectivity index (χ2n) is 4.89. The summed E-state index contributed by atoms with van der Waals surface area (Å²) in [4.78, 5) is 0. The summed E-state index contributed by atoms with van der Waals surface area (Å²) in [6.07, 6.45) is 6.43. The van der Waals surface area contributed by atoms with Crippen molar-refractivity contribution >= 4 is 25.3 Å². The number of thiol groups is 2. The van der Waals surface area contributed by atoms with Gasteiger partial charge in [0.1, 0.15) is 0 Å². The zero-order valence-electron chi connectivity index (χ0n) is 12.0. The molecule has 0 aromatic rings. The normalized spacial score (nSPS) is 13.1. The number of hydrogen-bond acceptors (Lipinski definition) is 3. The van der Waals surface area contributed by atoms with Gasteiger partial charge in [0.2, 0.25) is 0 Å². The molecule has 0 N–H and O–H groups in total. The van der Waals surface area contributed by atoms with Gasteiger partial charge < -0.3 is 4.74 Å². The van der Waals surface area contributed by atoms with E-state index in [0.717, 1.165) is 50.9 Å². The number of hydrogen-bond donors (Lipinski definition) is 2. The quantitative estimate of drug-likeness (QED) is 0.548. The number of ether oxygens (including phenoxy) is 1. The van der Waals surface area contributed by atoms with E-state index in [9.17, 15) is 0 Å². The molecule has 0 bridgehead atoms. The van der Waals surface area contributed by atoms with Crippen molar-refractivity contribution in [1.82, 2.24) is 0 Å². The molecule has 0 atom stereocenters. The Kier molecular flexibility index (Phi) is 9.05. The van der Waals surface area contributed by atoms with Gasteiger partial charge in [-0.15, -0.1) is 0 Å². The summed E-state index contributed by atoms with van der Waals surface area (Å²) in [7, 11) is 0. The first-order valence-corrected chi connectivity index (χ1v) is 8.06. The summed E-state index contributed by atoms with van der Waals surface area (Å²) in [6, 6.07) is 0. The van der Waals surface area contributed by atoms with Gasteiger partial charge in [-0.2, -0.15) is 25.3 Å². The molecule has 1 nitrogen and oxygen atoms in total. The molecule has 3 heteroatoms. The molecular formula is C14H30OS2. The molecule has 0 aromatic carbocycles. The van der Waals surface area contributed by atoms with E-state index in [1.807, 2.05) is 0 Å². The van der Waals surface area contributed by atoms with Crippen LogP contribution in [0.3, 0.4) is 0 Å². The molecular weight excluding hydrogens is 248 g/mol. The smallest absolute Gasteiger partial charge is 0.0685 e. The standard InChI is InChI=1S/C14H30OS2/c1-5-13(6-2,10-12-16)15-11-9-14(17,7-3)8-4/h16-17H,5-12H2,1-4H3. The van der Waals surface area contributed by atoms with Crippen molar-refractivity contribution in [2.24, 2.45) is 0 Å². The lowest BCUT2D eigenvalue weighted by molar-refractivity contribution is -0.0565. The SMILES string of the molecule is CCC(S)(CC)CCOC(CC)(CC)CCS. The molecule has 0 heterocycles. The first-order valence-electron chi connectivity index (χ1n) is 6.98. The Hall–Kier alpha value is 0.660. The molecule has 0 amide bonds. The van der Waals surface area contributed by atoms with Crippen LogP contribution in [0, 0.1) is 0 Å². The second kappa shape index (κ2) is 8.71. The van der Waals surface area contributed by atoms with E-state index in [-0.39, 0.29) is 10.3 Å². The first kappa shape index (κ1) is 17.7. The Morgan fingerprint density at radius 3 is 1.76 bits per heavy atom. The maximum Gasteiger partial charge on any atom is 0.0685 e. The fraction of sp³-hybridized carbons (Fsp3) is 1.00. The molecule has 17 heavy (non-hydrogen) atoms. The lowest BCUT2D eigenvalue weighted by Crippen LogP contribution is -2.34. The lowest BCUT2D eigenvalue weighted by Gasteiger charge is -2.34. The molecule has 0 spiro atoms. The van der Waals surface area contributed by atoms with Gasteiger partial charge in [0.25, 0.3) is 0 Å². The highest BCUT2D eigenvalue weighted by Gasteiger charge is 2.28. The van der Waals surface area contributed by atoms with Crippen LogP contribution in [0.2, 0.25) is 0 Å². The summed E-state index contributed by atoms with van der Waals surface area (Å²) >= 11 is 9.11. The fourth-order valence-corrected chi connectivity index (χ4v) is 2.64. The van der Waals surface area contributed by atoms with Crippen LogP contribution in [-0.2, 0) is 4.74 Å². The third-order valence-electron chi connectivity index (χ3n) is 4.15. The minimum Gasteiger partial charge on any atom is -0.375 e. The van der Waals surface area contributed by atoms with Crippen LogP contribution < -0.4 is 0 Å². The third-order valence-corrected chi connectivity index (χ3v) is 5.23. The van der Waals surface area contributed by atoms with Crippen molar-refractivity contribution < 1.29 is 4.74 Å². The summed E-state index contributed by atoms with van der Waals surface area (Å²) in [5.74, 6) is 0.898. The van der Waals surface area contributed by atoms with Gasteiger partial charge in [0, 0.05) is 11.4 Å². The zero-order valence-corrected chi connectivity index (χ0v) is 13.7. The zero-order chi connectivity index (χ0) is 13.4. The third kappa shape index (κ3) is 5.89. The summed E-state index contributed by atoms with van der Waals surface area (Å²) in [5, 5.41) is 0. The predicted molar refractivity (Wildman–Crippen MR) is 84.7 cm³/mol. The second-order valence-corrected chi connectivity index (χ2v) is 6.29. The van der Waals surface area contributed by atoms with Crippen LogP contribution in [0.5, 0.6) is 0 Å². The van der Waals surface area contributed by atoms with Crippen LogP contribution in [0.1, 0.15) is 66.2 Å². The van der Waals surface area contributed by atoms with E-state index in [1.165, 1.54) is 0 Å². The molecule has 0 saturated carbocycles. The maximum atomic E-state index is 6.17. The van der Waals surface area contributed by atoms with Crippen molar-refractivity contribution in [3.05, 3.63) is 0 Å². The average Bonchev–Trinajstić information content (AvgIpc) is 2.37. The molecule has 0 aromatic heterocycles. The van der Waals surface area contributed by atoms with E-state index in [1.54, 1.807) is 0 Å². The molecule has 0 saturated heterocycles. The van der Waals surface area contributed by atoms with Crippen LogP contribution in [0.25, 0.3) is 0 Å². The maximum absolute atomic E-state index is 6.17. The predicted octanol–water partition coefficient (Wildman–Crippen LogP) is 4.76. The Labute approximate surface area is 119 Å². The summed E-state index contributed by atoms with van der Waals surface area (Å²) in [6.45, 7) is 9.65. The van der Waals surface area contributed by atoms with E-state index in [4.69, 9.17) is 17.4 Å². The van der Waals surface area contributed by atoms with Crippen LogP contribution in [0.4, 0.5) is 0 Å². The minimum atomic E-state index is 0.0396. The highest BCUT2D eigenvalue weighted by molar-refractivity contribution is 7.81. The van der Waals surface area contributed by atoms with Gasteiger partial charge in [-0.05, 0) is 44.3 Å². The van der Waals surface area contributed by atoms with Crippen molar-refractivity contribution in [2.75, 3.05) is 12.4 Å². The van der Waals surface area contributed by atoms with Gasteiger partial charge in [0.15, 0.2) is 0 Å². The van der Waals surface area contributed by atoms with Gasteiger partial charge in [-0.25, -0.2) is 0 Å². The van der Waals surface area contributed by atoms with Crippen molar-refractivity contribution in [2.45, 2.75) is 76.6 Å². The summed E-state index contributed by atoms with van der Waals surface area (Å²) in [5.41, 5.74) is 0.0396. The van der Waals surface area contributed by atoms with E-state index in [2.05, 4.69) is 40.3 Å². The largest absolute Gasteiger partial charge is 0.375 e. The number of rotatable bonds is 10. The van der Waals surface area contributed by atoms with Crippen LogP contribution in [-0.4, -0.2) is 22.7 Å². The first-order chi connectivity index (χ1) is 8.01. The monoisotopic (exact) mass is 278 g/mol. The fourth-order valence-electron chi connectivity index (χ4n) is 2.14. The molecule has 0 rings (SSSR count). The minimum absolute atomic E-state index is 0.0396. The highest BCUT2D eigenvalue weighted by atomic mass is 32.1. The van der Waals surface area contributed by atoms with Crippen LogP contribution >= 0.6 is 25.3 Å².